The van der Waals surface area contributed by atoms with Crippen LogP contribution in [0.5, 0.6) is 0 Å². The van der Waals surface area contributed by atoms with Crippen molar-refractivity contribution in [2.45, 2.75) is 40.3 Å². The number of hydrogen-bond donors (Lipinski definition) is 1. The lowest BCUT2D eigenvalue weighted by molar-refractivity contribution is -0.137. The number of nitrogens with one attached hydrogen (secondary N) is 1. The zero-order valence-corrected chi connectivity index (χ0v) is 18.8. The second-order valence-corrected chi connectivity index (χ2v) is 6.95. The number of anilines is 1. The molecule has 0 unspecified atom stereocenters. The first-order chi connectivity index (χ1) is 14.7. The van der Waals surface area contributed by atoms with E-state index in [0.29, 0.717) is 27.7 Å². The Morgan fingerprint density at radius 3 is 2.52 bits per heavy atom. The van der Waals surface area contributed by atoms with E-state index in [2.05, 4.69) is 16.9 Å². The number of carbonyl (C=O) groups is 1. The number of Topliss-reactive ketones (excluding diaryl/α,β-unsaturated/α-hetero) is 1. The number of allylic oxidation sites excluding steroid dienone is 3. The van der Waals surface area contributed by atoms with Gasteiger partial charge < -0.3 is 5.32 Å². The SMILES string of the molecule is C=Cc1nc(NCC(=O)C(=C/C)/C(F)=C\CC)sc1-c1cccc(C(F)(F)F)c1.CC. The predicted molar refractivity (Wildman–Crippen MR) is 121 cm³/mol. The molecule has 0 aliphatic carbocycles. The van der Waals surface area contributed by atoms with Crippen molar-refractivity contribution in [2.24, 2.45) is 0 Å². The van der Waals surface area contributed by atoms with Crippen molar-refractivity contribution in [2.75, 3.05) is 11.9 Å². The highest BCUT2D eigenvalue weighted by Crippen LogP contribution is 2.37. The number of rotatable bonds is 8. The number of aromatic nitrogens is 1. The standard InChI is InChI=1S/C21H20F4N2OS.C2H6/c1-4-8-16(22)15(5-2)18(28)12-26-20-27-17(6-3)19(29-20)13-9-7-10-14(11-13)21(23,24)25;1-2/h5-11H,3-4,12H2,1-2H3,(H,26,27);1-2H3/b15-5+,16-8+;. The zero-order chi connectivity index (χ0) is 23.6. The van der Waals surface area contributed by atoms with Crippen molar-refractivity contribution in [3.05, 3.63) is 65.7 Å². The van der Waals surface area contributed by atoms with Gasteiger partial charge in [0.1, 0.15) is 5.83 Å². The van der Waals surface area contributed by atoms with E-state index in [0.717, 1.165) is 23.5 Å². The van der Waals surface area contributed by atoms with Crippen LogP contribution >= 0.6 is 11.3 Å². The Morgan fingerprint density at radius 2 is 1.97 bits per heavy atom. The van der Waals surface area contributed by atoms with Gasteiger partial charge in [-0.1, -0.05) is 56.9 Å². The summed E-state index contributed by atoms with van der Waals surface area (Å²) in [7, 11) is 0. The molecule has 1 aromatic carbocycles. The third-order valence-corrected chi connectivity index (χ3v) is 5.01. The molecule has 0 saturated heterocycles. The molecule has 0 aliphatic rings. The van der Waals surface area contributed by atoms with Crippen LogP contribution in [0.4, 0.5) is 22.7 Å². The van der Waals surface area contributed by atoms with Crippen molar-refractivity contribution in [3.8, 4) is 10.4 Å². The second kappa shape index (κ2) is 12.2. The topological polar surface area (TPSA) is 42.0 Å². The van der Waals surface area contributed by atoms with Gasteiger partial charge in [0.15, 0.2) is 10.9 Å². The summed E-state index contributed by atoms with van der Waals surface area (Å²) in [6.45, 7) is 10.8. The lowest BCUT2D eigenvalue weighted by Crippen LogP contribution is -2.16. The van der Waals surface area contributed by atoms with Crippen LogP contribution in [0.1, 0.15) is 45.4 Å². The number of hydrogen-bond acceptors (Lipinski definition) is 4. The van der Waals surface area contributed by atoms with E-state index < -0.39 is 23.3 Å². The average molecular weight is 455 g/mol. The van der Waals surface area contributed by atoms with E-state index in [4.69, 9.17) is 0 Å². The Labute approximate surface area is 184 Å². The maximum atomic E-state index is 13.9. The molecular weight excluding hydrogens is 428 g/mol. The van der Waals surface area contributed by atoms with Gasteiger partial charge in [0.2, 0.25) is 0 Å². The van der Waals surface area contributed by atoms with Crippen molar-refractivity contribution >= 4 is 28.3 Å². The van der Waals surface area contributed by atoms with Crippen LogP contribution in [0.3, 0.4) is 0 Å². The van der Waals surface area contributed by atoms with Crippen molar-refractivity contribution in [1.82, 2.24) is 4.98 Å². The fraction of sp³-hybridized carbons (Fsp3) is 0.304. The quantitative estimate of drug-likeness (QED) is 0.253. The highest BCUT2D eigenvalue weighted by atomic mass is 32.1. The minimum atomic E-state index is -4.46. The first-order valence-electron chi connectivity index (χ1n) is 9.81. The van der Waals surface area contributed by atoms with Gasteiger partial charge >= 0.3 is 6.18 Å². The van der Waals surface area contributed by atoms with E-state index in [9.17, 15) is 22.4 Å². The number of halogens is 4. The summed E-state index contributed by atoms with van der Waals surface area (Å²) < 4.78 is 52.9. The summed E-state index contributed by atoms with van der Waals surface area (Å²) in [6.07, 6.45) is 0.149. The second-order valence-electron chi connectivity index (χ2n) is 5.96. The van der Waals surface area contributed by atoms with Crippen LogP contribution in [0.2, 0.25) is 0 Å². The summed E-state index contributed by atoms with van der Waals surface area (Å²) in [5.41, 5.74) is -0.0535. The molecule has 2 aromatic rings. The Balaban J connectivity index is 0.00000233. The van der Waals surface area contributed by atoms with E-state index in [1.807, 2.05) is 13.8 Å². The Hall–Kier alpha value is -2.74. The van der Waals surface area contributed by atoms with Gasteiger partial charge in [-0.3, -0.25) is 4.79 Å². The van der Waals surface area contributed by atoms with E-state index in [1.54, 1.807) is 19.9 Å². The predicted octanol–water partition coefficient (Wildman–Crippen LogP) is 7.69. The normalized spacial score (nSPS) is 12.1. The molecule has 168 valence electrons. The monoisotopic (exact) mass is 454 g/mol. The molecule has 0 fully saturated rings. The lowest BCUT2D eigenvalue weighted by atomic mass is 10.1. The number of benzene rings is 1. The largest absolute Gasteiger partial charge is 0.416 e. The summed E-state index contributed by atoms with van der Waals surface area (Å²) in [5, 5.41) is 3.15. The fourth-order valence-electron chi connectivity index (χ4n) is 2.56. The smallest absolute Gasteiger partial charge is 0.354 e. The fourth-order valence-corrected chi connectivity index (χ4v) is 3.52. The Morgan fingerprint density at radius 1 is 1.29 bits per heavy atom. The van der Waals surface area contributed by atoms with Crippen LogP contribution in [0.15, 0.2) is 54.4 Å². The highest BCUT2D eigenvalue weighted by Gasteiger charge is 2.30. The first-order valence-corrected chi connectivity index (χ1v) is 10.6. The van der Waals surface area contributed by atoms with Gasteiger partial charge in [-0.25, -0.2) is 9.37 Å². The molecule has 0 spiro atoms. The molecule has 1 aromatic heterocycles. The molecule has 31 heavy (non-hydrogen) atoms. The first kappa shape index (κ1) is 26.3. The van der Waals surface area contributed by atoms with Crippen LogP contribution in [0, 0.1) is 0 Å². The summed E-state index contributed by atoms with van der Waals surface area (Å²) in [4.78, 5) is 17.0. The van der Waals surface area contributed by atoms with Gasteiger partial charge in [0.25, 0.3) is 0 Å². The molecule has 2 rings (SSSR count). The van der Waals surface area contributed by atoms with Crippen LogP contribution < -0.4 is 5.32 Å². The van der Waals surface area contributed by atoms with Crippen molar-refractivity contribution < 1.29 is 22.4 Å². The van der Waals surface area contributed by atoms with Gasteiger partial charge in [-0.15, -0.1) is 0 Å². The third kappa shape index (κ3) is 7.17. The van der Waals surface area contributed by atoms with E-state index in [-0.39, 0.29) is 12.1 Å². The molecule has 0 atom stereocenters. The zero-order valence-electron chi connectivity index (χ0n) is 17.9. The van der Waals surface area contributed by atoms with E-state index >= 15 is 0 Å². The molecule has 1 N–H and O–H groups in total. The maximum absolute atomic E-state index is 13.9. The van der Waals surface area contributed by atoms with Crippen LogP contribution in [0.25, 0.3) is 16.5 Å². The molecular formula is C23H26F4N2OS. The van der Waals surface area contributed by atoms with Crippen LogP contribution in [-0.4, -0.2) is 17.3 Å². The minimum Gasteiger partial charge on any atom is -0.354 e. The number of ketones is 1. The third-order valence-electron chi connectivity index (χ3n) is 3.93. The van der Waals surface area contributed by atoms with Gasteiger partial charge in [-0.05, 0) is 43.2 Å². The van der Waals surface area contributed by atoms with E-state index in [1.165, 1.54) is 24.3 Å². The molecule has 8 heteroatoms. The summed E-state index contributed by atoms with van der Waals surface area (Å²) in [5.74, 6) is -1.04. The minimum absolute atomic E-state index is 0.0297. The lowest BCUT2D eigenvalue weighted by Gasteiger charge is -2.08. The number of nitrogens with zero attached hydrogens (tertiary/aromatic N) is 1. The molecule has 0 bridgehead atoms. The molecule has 1 heterocycles. The van der Waals surface area contributed by atoms with Gasteiger partial charge in [-0.2, -0.15) is 13.2 Å². The van der Waals surface area contributed by atoms with Crippen molar-refractivity contribution in [3.63, 3.8) is 0 Å². The Bertz CT molecular complexity index is 959. The Kier molecular flexibility index (Phi) is 10.3. The molecule has 3 nitrogen and oxygen atoms in total. The number of thiazole rings is 1. The number of alkyl halides is 3. The number of carbonyl (C=O) groups excluding carboxylic acids is 1. The summed E-state index contributed by atoms with van der Waals surface area (Å²) in [6, 6.07) is 4.90. The highest BCUT2D eigenvalue weighted by molar-refractivity contribution is 7.19. The maximum Gasteiger partial charge on any atom is 0.416 e. The molecule has 0 amide bonds. The van der Waals surface area contributed by atoms with Crippen molar-refractivity contribution in [1.29, 1.82) is 0 Å². The molecule has 0 aliphatic heterocycles. The summed E-state index contributed by atoms with van der Waals surface area (Å²) >= 11 is 1.10. The molecule has 0 saturated carbocycles. The van der Waals surface area contributed by atoms with Gasteiger partial charge in [0.05, 0.1) is 28.3 Å². The van der Waals surface area contributed by atoms with Crippen LogP contribution in [-0.2, 0) is 11.0 Å². The molecule has 0 radical (unpaired) electrons. The van der Waals surface area contributed by atoms with Gasteiger partial charge in [0, 0.05) is 0 Å². The average Bonchev–Trinajstić information content (AvgIpc) is 3.17.